The lowest BCUT2D eigenvalue weighted by atomic mass is 9.96. The first-order valence-corrected chi connectivity index (χ1v) is 9.60. The predicted molar refractivity (Wildman–Crippen MR) is 107 cm³/mol. The zero-order chi connectivity index (χ0) is 20.7. The van der Waals surface area contributed by atoms with Crippen LogP contribution in [0.5, 0.6) is 0 Å². The van der Waals surface area contributed by atoms with Crippen molar-refractivity contribution in [3.8, 4) is 11.3 Å². The molecule has 0 radical (unpaired) electrons. The van der Waals surface area contributed by atoms with Gasteiger partial charge in [-0.2, -0.15) is 18.3 Å². The molecule has 5 rings (SSSR count). The number of aromatic nitrogens is 6. The predicted octanol–water partition coefficient (Wildman–Crippen LogP) is 4.39. The molecule has 0 saturated carbocycles. The second-order valence-electron chi connectivity index (χ2n) is 7.35. The van der Waals surface area contributed by atoms with E-state index in [0.717, 1.165) is 55.1 Å². The highest BCUT2D eigenvalue weighted by Gasteiger charge is 2.31. The number of aromatic amines is 2. The van der Waals surface area contributed by atoms with Gasteiger partial charge in [0.2, 0.25) is 0 Å². The van der Waals surface area contributed by atoms with Gasteiger partial charge in [-0.05, 0) is 25.0 Å². The van der Waals surface area contributed by atoms with Crippen LogP contribution in [0.4, 0.5) is 19.0 Å². The van der Waals surface area contributed by atoms with Crippen LogP contribution in [0.1, 0.15) is 31.6 Å². The molecule has 0 aliphatic carbocycles. The van der Waals surface area contributed by atoms with Gasteiger partial charge >= 0.3 is 6.18 Å². The molecule has 4 heterocycles. The molecular weight excluding hydrogens is 395 g/mol. The van der Waals surface area contributed by atoms with E-state index in [4.69, 9.17) is 0 Å². The molecule has 7 nitrogen and oxygen atoms in total. The molecule has 0 atom stereocenters. The molecule has 4 aromatic rings. The Hall–Kier alpha value is -3.43. The third kappa shape index (κ3) is 3.38. The van der Waals surface area contributed by atoms with Gasteiger partial charge in [0.15, 0.2) is 5.65 Å². The van der Waals surface area contributed by atoms with Gasteiger partial charge in [-0.25, -0.2) is 15.0 Å². The normalized spacial score (nSPS) is 15.8. The summed E-state index contributed by atoms with van der Waals surface area (Å²) < 4.78 is 39.0. The van der Waals surface area contributed by atoms with E-state index in [0.29, 0.717) is 16.9 Å². The maximum Gasteiger partial charge on any atom is 0.416 e. The molecule has 1 saturated heterocycles. The van der Waals surface area contributed by atoms with Crippen LogP contribution in [0, 0.1) is 0 Å². The zero-order valence-electron chi connectivity index (χ0n) is 15.8. The Morgan fingerprint density at radius 1 is 1.07 bits per heavy atom. The van der Waals surface area contributed by atoms with Crippen LogP contribution in [0.15, 0.2) is 43.0 Å². The van der Waals surface area contributed by atoms with Gasteiger partial charge in [0.1, 0.15) is 18.0 Å². The number of halogens is 3. The van der Waals surface area contributed by atoms with Crippen LogP contribution in [-0.2, 0) is 6.18 Å². The molecule has 1 aliphatic heterocycles. The van der Waals surface area contributed by atoms with E-state index in [1.807, 2.05) is 0 Å². The Labute approximate surface area is 170 Å². The minimum absolute atomic E-state index is 0. The molecular formula is C20H20F3N7. The van der Waals surface area contributed by atoms with Gasteiger partial charge in [0.05, 0.1) is 29.0 Å². The van der Waals surface area contributed by atoms with E-state index in [1.54, 1.807) is 18.5 Å². The summed E-state index contributed by atoms with van der Waals surface area (Å²) >= 11 is 0. The lowest BCUT2D eigenvalue weighted by Crippen LogP contribution is -2.33. The van der Waals surface area contributed by atoms with E-state index < -0.39 is 11.7 Å². The summed E-state index contributed by atoms with van der Waals surface area (Å²) in [6, 6.07) is 5.28. The van der Waals surface area contributed by atoms with Gasteiger partial charge < -0.3 is 9.88 Å². The minimum atomic E-state index is -4.37. The number of nitrogens with one attached hydrogen (secondary N) is 2. The molecule has 0 spiro atoms. The second-order valence-corrected chi connectivity index (χ2v) is 7.35. The smallest absolute Gasteiger partial charge is 0.356 e. The number of hydrogen-bond acceptors (Lipinski definition) is 5. The van der Waals surface area contributed by atoms with Crippen LogP contribution >= 0.6 is 0 Å². The number of rotatable bonds is 3. The molecule has 0 bridgehead atoms. The number of fused-ring (bicyclic) bond motifs is 1. The highest BCUT2D eigenvalue weighted by atomic mass is 19.4. The van der Waals surface area contributed by atoms with Crippen LogP contribution in [0.2, 0.25) is 0 Å². The monoisotopic (exact) mass is 415 g/mol. The van der Waals surface area contributed by atoms with Crippen molar-refractivity contribution in [3.63, 3.8) is 0 Å². The van der Waals surface area contributed by atoms with Gasteiger partial charge in [-0.3, -0.25) is 5.10 Å². The SMILES string of the molecule is FC(F)(F)c1cccc(-c2cnc(C3CCN(c4ncnc5[nH]ncc45)CC3)[nH]2)c1.[HH]. The van der Waals surface area contributed by atoms with Gasteiger partial charge in [-0.1, -0.05) is 12.1 Å². The van der Waals surface area contributed by atoms with E-state index in [9.17, 15) is 13.2 Å². The standard InChI is InChI=1S/C20H18F3N7.H2/c21-20(22,23)14-3-1-2-13(8-14)16-10-24-17(28-16)12-4-6-30(7-5-12)19-15-9-27-29-18(15)25-11-26-19;/h1-3,8-12H,4-7H2,(H,24,28)(H,25,26,27,29);1H. The summed E-state index contributed by atoms with van der Waals surface area (Å²) in [7, 11) is 0. The molecule has 0 amide bonds. The topological polar surface area (TPSA) is 86.4 Å². The number of benzene rings is 1. The summed E-state index contributed by atoms with van der Waals surface area (Å²) in [5.74, 6) is 1.87. The first-order valence-electron chi connectivity index (χ1n) is 9.60. The number of imidazole rings is 1. The Bertz CT molecular complexity index is 1180. The molecule has 3 aromatic heterocycles. The molecule has 30 heavy (non-hydrogen) atoms. The summed E-state index contributed by atoms with van der Waals surface area (Å²) in [4.78, 5) is 18.5. The van der Waals surface area contributed by atoms with E-state index >= 15 is 0 Å². The van der Waals surface area contributed by atoms with Crippen molar-refractivity contribution in [2.45, 2.75) is 24.9 Å². The summed E-state index contributed by atoms with van der Waals surface area (Å²) in [6.45, 7) is 1.59. The third-order valence-corrected chi connectivity index (χ3v) is 5.50. The van der Waals surface area contributed by atoms with Crippen molar-refractivity contribution < 1.29 is 14.6 Å². The van der Waals surface area contributed by atoms with Crippen LogP contribution in [0.25, 0.3) is 22.3 Å². The van der Waals surface area contributed by atoms with Crippen molar-refractivity contribution in [1.29, 1.82) is 0 Å². The number of hydrogen-bond donors (Lipinski definition) is 2. The molecule has 10 heteroatoms. The van der Waals surface area contributed by atoms with Crippen LogP contribution < -0.4 is 4.90 Å². The fraction of sp³-hybridized carbons (Fsp3) is 0.300. The number of nitrogens with zero attached hydrogens (tertiary/aromatic N) is 5. The van der Waals surface area contributed by atoms with Crippen molar-refractivity contribution in [2.24, 2.45) is 0 Å². The maximum atomic E-state index is 13.0. The Balaban J connectivity index is 0.00000231. The molecule has 1 aliphatic rings. The Morgan fingerprint density at radius 2 is 1.90 bits per heavy atom. The molecule has 1 aromatic carbocycles. The molecule has 1 fully saturated rings. The third-order valence-electron chi connectivity index (χ3n) is 5.50. The van der Waals surface area contributed by atoms with Crippen molar-refractivity contribution in [2.75, 3.05) is 18.0 Å². The lowest BCUT2D eigenvalue weighted by molar-refractivity contribution is -0.137. The molecule has 0 unspecified atom stereocenters. The lowest BCUT2D eigenvalue weighted by Gasteiger charge is -2.32. The quantitative estimate of drug-likeness (QED) is 0.518. The summed E-state index contributed by atoms with van der Waals surface area (Å²) in [5.41, 5.74) is 1.11. The molecule has 156 valence electrons. The van der Waals surface area contributed by atoms with Gasteiger partial charge in [0.25, 0.3) is 0 Å². The Morgan fingerprint density at radius 3 is 2.70 bits per heavy atom. The largest absolute Gasteiger partial charge is 0.416 e. The average molecular weight is 415 g/mol. The maximum absolute atomic E-state index is 13.0. The van der Waals surface area contributed by atoms with Gasteiger partial charge in [0, 0.05) is 26.0 Å². The number of alkyl halides is 3. The van der Waals surface area contributed by atoms with E-state index in [1.165, 1.54) is 12.4 Å². The zero-order valence-corrected chi connectivity index (χ0v) is 15.8. The highest BCUT2D eigenvalue weighted by molar-refractivity contribution is 5.86. The van der Waals surface area contributed by atoms with Crippen molar-refractivity contribution in [3.05, 3.63) is 54.4 Å². The van der Waals surface area contributed by atoms with E-state index in [2.05, 4.69) is 35.0 Å². The van der Waals surface area contributed by atoms with E-state index in [-0.39, 0.29) is 7.34 Å². The minimum Gasteiger partial charge on any atom is -0.356 e. The number of anilines is 1. The summed E-state index contributed by atoms with van der Waals surface area (Å²) in [6.07, 6.45) is 2.21. The second kappa shape index (κ2) is 7.12. The van der Waals surface area contributed by atoms with Crippen molar-refractivity contribution in [1.82, 2.24) is 30.1 Å². The number of H-pyrrole nitrogens is 2. The van der Waals surface area contributed by atoms with Gasteiger partial charge in [-0.15, -0.1) is 0 Å². The summed E-state index contributed by atoms with van der Waals surface area (Å²) in [5, 5.41) is 7.77. The fourth-order valence-electron chi connectivity index (χ4n) is 3.92. The molecule has 2 N–H and O–H groups in total. The first kappa shape index (κ1) is 18.6. The van der Waals surface area contributed by atoms with Crippen LogP contribution in [-0.4, -0.2) is 43.2 Å². The Kier molecular flexibility index (Phi) is 4.41. The highest BCUT2D eigenvalue weighted by Crippen LogP contribution is 2.34. The average Bonchev–Trinajstić information content (AvgIpc) is 3.43. The number of piperidine rings is 1. The van der Waals surface area contributed by atoms with Crippen LogP contribution in [0.3, 0.4) is 0 Å². The first-order chi connectivity index (χ1) is 14.5. The van der Waals surface area contributed by atoms with Crippen molar-refractivity contribution >= 4 is 16.9 Å². The fourth-order valence-corrected chi connectivity index (χ4v) is 3.92.